The van der Waals surface area contributed by atoms with Gasteiger partial charge in [-0.15, -0.1) is 0 Å². The molecule has 5 nitrogen and oxygen atoms in total. The van der Waals surface area contributed by atoms with E-state index in [-0.39, 0.29) is 16.9 Å². The molecule has 2 aliphatic heterocycles. The Bertz CT molecular complexity index is 944. The average Bonchev–Trinajstić information content (AvgIpc) is 3.25. The van der Waals surface area contributed by atoms with Gasteiger partial charge >= 0.3 is 0 Å². The van der Waals surface area contributed by atoms with Crippen LogP contribution in [0.15, 0.2) is 48.7 Å². The summed E-state index contributed by atoms with van der Waals surface area (Å²) in [5.74, 6) is 0.172. The first-order chi connectivity index (χ1) is 15.7. The molecule has 5 heteroatoms. The molecule has 2 saturated heterocycles. The lowest BCUT2D eigenvalue weighted by molar-refractivity contribution is -0.104. The van der Waals surface area contributed by atoms with Gasteiger partial charge in [0.1, 0.15) is 0 Å². The van der Waals surface area contributed by atoms with E-state index >= 15 is 0 Å². The molecule has 0 radical (unpaired) electrons. The second-order valence-electron chi connectivity index (χ2n) is 9.95. The first-order valence-electron chi connectivity index (χ1n) is 12.2. The van der Waals surface area contributed by atoms with Crippen LogP contribution in [0.1, 0.15) is 56.2 Å². The molecule has 1 aromatic carbocycles. The summed E-state index contributed by atoms with van der Waals surface area (Å²) in [7, 11) is 0. The lowest BCUT2D eigenvalue weighted by atomic mass is 9.68. The topological polar surface area (TPSA) is 61.2 Å². The summed E-state index contributed by atoms with van der Waals surface area (Å²) in [6.45, 7) is 4.34. The number of aromatic nitrogens is 1. The van der Waals surface area contributed by atoms with Gasteiger partial charge in [0.2, 0.25) is 0 Å². The zero-order valence-corrected chi connectivity index (χ0v) is 18.9. The molecule has 3 fully saturated rings. The van der Waals surface area contributed by atoms with Crippen LogP contribution in [0.4, 0.5) is 5.69 Å². The van der Waals surface area contributed by atoms with Crippen LogP contribution in [0, 0.1) is 17.2 Å². The summed E-state index contributed by atoms with van der Waals surface area (Å²) < 4.78 is 6.38. The quantitative estimate of drug-likeness (QED) is 0.652. The smallest absolute Gasteiger partial charge is 0.0813 e. The molecular formula is C27H34N4O. The molecule has 1 atom stereocenters. The Kier molecular flexibility index (Phi) is 6.17. The summed E-state index contributed by atoms with van der Waals surface area (Å²) in [6, 6.07) is 17.3. The Morgan fingerprint density at radius 3 is 2.69 bits per heavy atom. The fraction of sp³-hybridized carbons (Fsp3) is 0.556. The predicted octanol–water partition coefficient (Wildman–Crippen LogP) is 4.58. The van der Waals surface area contributed by atoms with Crippen molar-refractivity contribution in [3.8, 4) is 6.07 Å². The van der Waals surface area contributed by atoms with Gasteiger partial charge in [0.05, 0.1) is 17.6 Å². The Labute approximate surface area is 191 Å². The molecule has 1 saturated carbocycles. The van der Waals surface area contributed by atoms with Crippen molar-refractivity contribution in [3.63, 3.8) is 0 Å². The molecule has 1 spiro atoms. The highest BCUT2D eigenvalue weighted by molar-refractivity contribution is 5.56. The number of hydrogen-bond donors (Lipinski definition) is 1. The molecule has 168 valence electrons. The maximum Gasteiger partial charge on any atom is 0.0813 e. The van der Waals surface area contributed by atoms with E-state index in [9.17, 15) is 0 Å². The van der Waals surface area contributed by atoms with E-state index in [2.05, 4.69) is 52.7 Å². The number of nitrogens with one attached hydrogen (secondary N) is 1. The average molecular weight is 431 g/mol. The monoisotopic (exact) mass is 430 g/mol. The van der Waals surface area contributed by atoms with Crippen molar-refractivity contribution in [3.05, 3.63) is 59.9 Å². The largest absolute Gasteiger partial charge is 0.375 e. The van der Waals surface area contributed by atoms with Crippen LogP contribution in [-0.4, -0.2) is 36.8 Å². The van der Waals surface area contributed by atoms with E-state index in [1.165, 1.54) is 42.6 Å². The van der Waals surface area contributed by atoms with Crippen molar-refractivity contribution in [1.29, 1.82) is 5.26 Å². The highest BCUT2D eigenvalue weighted by atomic mass is 16.5. The van der Waals surface area contributed by atoms with Gasteiger partial charge in [-0.2, -0.15) is 5.26 Å². The van der Waals surface area contributed by atoms with Crippen LogP contribution in [-0.2, 0) is 16.7 Å². The van der Waals surface area contributed by atoms with E-state index < -0.39 is 0 Å². The second-order valence-corrected chi connectivity index (χ2v) is 9.95. The van der Waals surface area contributed by atoms with Gasteiger partial charge in [-0.3, -0.25) is 4.98 Å². The molecule has 0 unspecified atom stereocenters. The van der Waals surface area contributed by atoms with Crippen molar-refractivity contribution < 1.29 is 4.74 Å². The van der Waals surface area contributed by atoms with Gasteiger partial charge in [0.25, 0.3) is 0 Å². The van der Waals surface area contributed by atoms with Crippen LogP contribution in [0.25, 0.3) is 0 Å². The van der Waals surface area contributed by atoms with E-state index in [1.807, 2.05) is 12.3 Å². The fourth-order valence-corrected chi connectivity index (χ4v) is 6.07. The Hall–Kier alpha value is -2.42. The molecule has 0 amide bonds. The summed E-state index contributed by atoms with van der Waals surface area (Å²) in [5.41, 5.74) is 3.97. The molecule has 1 aromatic heterocycles. The highest BCUT2D eigenvalue weighted by Gasteiger charge is 2.48. The van der Waals surface area contributed by atoms with Crippen molar-refractivity contribution in [2.24, 2.45) is 5.92 Å². The standard InChI is InChI=1S/C27H34N4O/c28-17-22-19-31(20-22)24-8-2-1-7-23(24)18-29-15-12-26(25-9-3-6-14-30-25)13-16-32-27(21-26)10-4-5-11-27/h1-3,6-9,14,22,29H,4-5,10-13,15-16,18-21H2/t26-/m1/s1. The minimum absolute atomic E-state index is 0.0666. The van der Waals surface area contributed by atoms with Gasteiger partial charge in [-0.05, 0) is 62.4 Å². The Morgan fingerprint density at radius 1 is 1.09 bits per heavy atom. The number of benzene rings is 1. The number of anilines is 1. The number of nitrogens with zero attached hydrogens (tertiary/aromatic N) is 3. The third-order valence-corrected chi connectivity index (χ3v) is 7.86. The number of para-hydroxylation sites is 1. The van der Waals surface area contributed by atoms with Crippen molar-refractivity contribution in [2.75, 3.05) is 31.1 Å². The normalized spacial score (nSPS) is 24.9. The molecule has 1 aliphatic carbocycles. The minimum Gasteiger partial charge on any atom is -0.375 e. The van der Waals surface area contributed by atoms with Gasteiger partial charge in [-0.1, -0.05) is 37.1 Å². The van der Waals surface area contributed by atoms with Crippen LogP contribution in [0.5, 0.6) is 0 Å². The zero-order valence-electron chi connectivity index (χ0n) is 18.9. The maximum absolute atomic E-state index is 9.11. The number of pyridine rings is 1. The van der Waals surface area contributed by atoms with Crippen LogP contribution >= 0.6 is 0 Å². The van der Waals surface area contributed by atoms with Crippen LogP contribution in [0.3, 0.4) is 0 Å². The number of ether oxygens (including phenoxy) is 1. The number of hydrogen-bond acceptors (Lipinski definition) is 5. The van der Waals surface area contributed by atoms with Crippen LogP contribution in [0.2, 0.25) is 0 Å². The number of nitriles is 1. The van der Waals surface area contributed by atoms with Crippen LogP contribution < -0.4 is 10.2 Å². The molecule has 1 N–H and O–H groups in total. The predicted molar refractivity (Wildman–Crippen MR) is 126 cm³/mol. The fourth-order valence-electron chi connectivity index (χ4n) is 6.07. The van der Waals surface area contributed by atoms with Crippen molar-refractivity contribution in [1.82, 2.24) is 10.3 Å². The van der Waals surface area contributed by atoms with Gasteiger partial charge in [-0.25, -0.2) is 0 Å². The van der Waals surface area contributed by atoms with E-state index in [1.54, 1.807) is 0 Å². The molecule has 2 aromatic rings. The summed E-state index contributed by atoms with van der Waals surface area (Å²) in [6.07, 6.45) is 10.1. The lowest BCUT2D eigenvalue weighted by Gasteiger charge is -2.46. The van der Waals surface area contributed by atoms with Gasteiger partial charge in [0, 0.05) is 49.2 Å². The highest BCUT2D eigenvalue weighted by Crippen LogP contribution is 2.49. The second kappa shape index (κ2) is 9.21. The molecule has 0 bridgehead atoms. The van der Waals surface area contributed by atoms with Gasteiger partial charge in [0.15, 0.2) is 0 Å². The first-order valence-corrected chi connectivity index (χ1v) is 12.2. The maximum atomic E-state index is 9.11. The van der Waals surface area contributed by atoms with Gasteiger partial charge < -0.3 is 15.0 Å². The number of rotatable bonds is 7. The molecule has 3 heterocycles. The lowest BCUT2D eigenvalue weighted by Crippen LogP contribution is -2.47. The molecule has 3 aliphatic rings. The van der Waals surface area contributed by atoms with E-state index in [4.69, 9.17) is 15.0 Å². The molecule has 32 heavy (non-hydrogen) atoms. The Balaban J connectivity index is 1.25. The SMILES string of the molecule is N#CC1CN(c2ccccc2CNCC[C@@]2(c3ccccn3)CCOC3(CCCC3)C2)C1. The Morgan fingerprint density at radius 2 is 1.91 bits per heavy atom. The third-order valence-electron chi connectivity index (χ3n) is 7.86. The molecule has 5 rings (SSSR count). The summed E-state index contributed by atoms with van der Waals surface area (Å²) in [4.78, 5) is 7.14. The van der Waals surface area contributed by atoms with E-state index in [0.717, 1.165) is 52.0 Å². The summed E-state index contributed by atoms with van der Waals surface area (Å²) >= 11 is 0. The summed E-state index contributed by atoms with van der Waals surface area (Å²) in [5, 5.41) is 12.8. The van der Waals surface area contributed by atoms with E-state index in [0.29, 0.717) is 0 Å². The minimum atomic E-state index is 0.0666. The third kappa shape index (κ3) is 4.27. The first kappa shape index (κ1) is 21.4. The van der Waals surface area contributed by atoms with Crippen molar-refractivity contribution in [2.45, 2.75) is 62.5 Å². The molecular weight excluding hydrogens is 396 g/mol. The van der Waals surface area contributed by atoms with Crippen molar-refractivity contribution >= 4 is 5.69 Å². The zero-order chi connectivity index (χ0) is 21.9.